The van der Waals surface area contributed by atoms with Crippen LogP contribution in [-0.4, -0.2) is 37.7 Å². The highest BCUT2D eigenvalue weighted by molar-refractivity contribution is 5.76. The number of rotatable bonds is 1. The molecule has 56 valence electrons. The van der Waals surface area contributed by atoms with Gasteiger partial charge in [0.15, 0.2) is 6.04 Å². The molecule has 0 amide bonds. The number of ether oxygens (including phenoxy) is 1. The van der Waals surface area contributed by atoms with Crippen LogP contribution < -0.4 is 0 Å². The van der Waals surface area contributed by atoms with Crippen molar-refractivity contribution in [3.05, 3.63) is 0 Å². The van der Waals surface area contributed by atoms with Gasteiger partial charge in [0, 0.05) is 7.05 Å². The number of hydrogen-bond donors (Lipinski definition) is 0. The highest BCUT2D eigenvalue weighted by atomic mass is 16.5. The highest BCUT2D eigenvalue weighted by Gasteiger charge is 2.24. The molecule has 10 heavy (non-hydrogen) atoms. The predicted molar refractivity (Wildman–Crippen MR) is 33.3 cm³/mol. The molecule has 0 N–H and O–H groups in total. The molecule has 0 saturated carbocycles. The third-order valence-electron chi connectivity index (χ3n) is 1.25. The second-order valence-electron chi connectivity index (χ2n) is 2.08. The van der Waals surface area contributed by atoms with E-state index in [0.29, 0.717) is 6.54 Å². The summed E-state index contributed by atoms with van der Waals surface area (Å²) in [6.45, 7) is 0.521. The Balaban J connectivity index is 2.46. The minimum absolute atomic E-state index is 0.326. The molecule has 5 nitrogen and oxygen atoms in total. The molecule has 0 aromatic rings. The smallest absolute Gasteiger partial charge is 0.334 e. The molecule has 1 heterocycles. The molecular formula is C5H9N3O2. The van der Waals surface area contributed by atoms with Gasteiger partial charge < -0.3 is 4.74 Å². The first kappa shape index (κ1) is 6.98. The van der Waals surface area contributed by atoms with Gasteiger partial charge in [0.1, 0.15) is 0 Å². The normalized spacial score (nSPS) is 23.4. The zero-order valence-corrected chi connectivity index (χ0v) is 5.94. The number of methoxy groups -OCH3 is 1. The molecule has 1 aliphatic heterocycles. The summed E-state index contributed by atoms with van der Waals surface area (Å²) < 4.78 is 4.46. The minimum Gasteiger partial charge on any atom is -0.467 e. The van der Waals surface area contributed by atoms with Gasteiger partial charge in [0.05, 0.1) is 13.7 Å². The predicted octanol–water partition coefficient (Wildman–Crippen LogP) is -0.159. The Morgan fingerprint density at radius 3 is 2.90 bits per heavy atom. The lowest BCUT2D eigenvalue weighted by Crippen LogP contribution is -2.25. The number of carbonyl (C=O) groups excluding carboxylic acids is 1. The van der Waals surface area contributed by atoms with Crippen molar-refractivity contribution in [1.29, 1.82) is 0 Å². The Bertz CT molecular complexity index is 168. The Kier molecular flexibility index (Phi) is 1.84. The van der Waals surface area contributed by atoms with Gasteiger partial charge >= 0.3 is 5.97 Å². The van der Waals surface area contributed by atoms with Crippen LogP contribution in [0.2, 0.25) is 0 Å². The van der Waals surface area contributed by atoms with Gasteiger partial charge in [-0.15, -0.1) is 0 Å². The molecule has 0 saturated heterocycles. The fourth-order valence-electron chi connectivity index (χ4n) is 0.732. The largest absolute Gasteiger partial charge is 0.467 e. The summed E-state index contributed by atoms with van der Waals surface area (Å²) in [6, 6.07) is -0.421. The average molecular weight is 143 g/mol. The maximum Gasteiger partial charge on any atom is 0.334 e. The van der Waals surface area contributed by atoms with Crippen molar-refractivity contribution in [2.75, 3.05) is 20.7 Å². The second-order valence-corrected chi connectivity index (χ2v) is 2.08. The molecule has 5 heteroatoms. The van der Waals surface area contributed by atoms with Crippen LogP contribution in [0.5, 0.6) is 0 Å². The third kappa shape index (κ3) is 1.23. The Hall–Kier alpha value is -1.13. The second kappa shape index (κ2) is 2.64. The van der Waals surface area contributed by atoms with Crippen LogP contribution in [-0.2, 0) is 9.53 Å². The Morgan fingerprint density at radius 2 is 2.50 bits per heavy atom. The minimum atomic E-state index is -0.421. The van der Waals surface area contributed by atoms with E-state index < -0.39 is 6.04 Å². The quantitative estimate of drug-likeness (QED) is 0.479. The van der Waals surface area contributed by atoms with Crippen LogP contribution >= 0.6 is 0 Å². The molecule has 1 unspecified atom stereocenters. The number of carbonyl (C=O) groups is 1. The summed E-state index contributed by atoms with van der Waals surface area (Å²) in [5.41, 5.74) is 0. The summed E-state index contributed by atoms with van der Waals surface area (Å²) in [6.07, 6.45) is 0. The van der Waals surface area contributed by atoms with Gasteiger partial charge in [-0.05, 0) is 0 Å². The molecule has 0 aromatic carbocycles. The van der Waals surface area contributed by atoms with Crippen LogP contribution in [0, 0.1) is 0 Å². The van der Waals surface area contributed by atoms with Crippen molar-refractivity contribution in [3.63, 3.8) is 0 Å². The van der Waals surface area contributed by atoms with E-state index in [9.17, 15) is 4.79 Å². The summed E-state index contributed by atoms with van der Waals surface area (Å²) in [5, 5.41) is 8.91. The van der Waals surface area contributed by atoms with E-state index in [1.54, 1.807) is 12.1 Å². The molecule has 0 spiro atoms. The van der Waals surface area contributed by atoms with Crippen LogP contribution in [0.1, 0.15) is 0 Å². The number of nitrogens with zero attached hydrogens (tertiary/aromatic N) is 3. The highest BCUT2D eigenvalue weighted by Crippen LogP contribution is 2.06. The molecule has 0 aromatic heterocycles. The molecule has 0 aliphatic carbocycles. The number of likely N-dealkylation sites (N-methyl/N-ethyl adjacent to an activating group) is 1. The van der Waals surface area contributed by atoms with Crippen molar-refractivity contribution < 1.29 is 9.53 Å². The molecule has 0 fully saturated rings. The fraction of sp³-hybridized carbons (Fsp3) is 0.800. The van der Waals surface area contributed by atoms with Crippen LogP contribution in [0.3, 0.4) is 0 Å². The van der Waals surface area contributed by atoms with E-state index in [1.807, 2.05) is 0 Å². The van der Waals surface area contributed by atoms with Gasteiger partial charge in [0.2, 0.25) is 0 Å². The maximum absolute atomic E-state index is 10.8. The van der Waals surface area contributed by atoms with Crippen molar-refractivity contribution in [3.8, 4) is 0 Å². The average Bonchev–Trinajstić information content (AvgIpc) is 2.34. The van der Waals surface area contributed by atoms with Gasteiger partial charge in [-0.25, -0.2) is 4.79 Å². The molecule has 1 rings (SSSR count). The first-order chi connectivity index (χ1) is 4.74. The lowest BCUT2D eigenvalue weighted by Gasteiger charge is -2.04. The van der Waals surface area contributed by atoms with Gasteiger partial charge in [-0.3, -0.25) is 5.01 Å². The van der Waals surface area contributed by atoms with Gasteiger partial charge in [-0.2, -0.15) is 5.11 Å². The summed E-state index contributed by atoms with van der Waals surface area (Å²) >= 11 is 0. The molecule has 0 radical (unpaired) electrons. The van der Waals surface area contributed by atoms with E-state index in [4.69, 9.17) is 0 Å². The van der Waals surface area contributed by atoms with E-state index in [0.717, 1.165) is 0 Å². The molecule has 0 bridgehead atoms. The van der Waals surface area contributed by atoms with Crippen molar-refractivity contribution in [2.45, 2.75) is 6.04 Å². The molecule has 1 aliphatic rings. The van der Waals surface area contributed by atoms with Crippen molar-refractivity contribution >= 4 is 5.97 Å². The zero-order valence-electron chi connectivity index (χ0n) is 5.94. The Labute approximate surface area is 58.6 Å². The fourth-order valence-corrected chi connectivity index (χ4v) is 0.732. The van der Waals surface area contributed by atoms with E-state index in [-0.39, 0.29) is 5.97 Å². The van der Waals surface area contributed by atoms with E-state index in [1.165, 1.54) is 7.11 Å². The van der Waals surface area contributed by atoms with Crippen LogP contribution in [0.4, 0.5) is 0 Å². The Morgan fingerprint density at radius 1 is 1.80 bits per heavy atom. The SMILES string of the molecule is COC(=O)C1CN(C)N=N1. The lowest BCUT2D eigenvalue weighted by atomic mass is 10.3. The van der Waals surface area contributed by atoms with Crippen LogP contribution in [0.15, 0.2) is 10.3 Å². The molecular weight excluding hydrogens is 134 g/mol. The number of esters is 1. The third-order valence-corrected chi connectivity index (χ3v) is 1.25. The lowest BCUT2D eigenvalue weighted by molar-refractivity contribution is -0.141. The van der Waals surface area contributed by atoms with Gasteiger partial charge in [0.25, 0.3) is 0 Å². The van der Waals surface area contributed by atoms with Crippen molar-refractivity contribution in [1.82, 2.24) is 5.01 Å². The first-order valence-corrected chi connectivity index (χ1v) is 2.94. The first-order valence-electron chi connectivity index (χ1n) is 2.94. The standard InChI is InChI=1S/C5H9N3O2/c1-8-3-4(6-7-8)5(9)10-2/h4H,3H2,1-2H3. The molecule has 1 atom stereocenters. The van der Waals surface area contributed by atoms with Crippen LogP contribution in [0.25, 0.3) is 0 Å². The van der Waals surface area contributed by atoms with E-state index >= 15 is 0 Å². The number of hydrogen-bond acceptors (Lipinski definition) is 5. The summed E-state index contributed by atoms with van der Waals surface area (Å²) in [5.74, 6) is -0.326. The topological polar surface area (TPSA) is 54.3 Å². The van der Waals surface area contributed by atoms with Gasteiger partial charge in [-0.1, -0.05) is 5.22 Å². The maximum atomic E-state index is 10.8. The van der Waals surface area contributed by atoms with Crippen molar-refractivity contribution in [2.24, 2.45) is 10.3 Å². The monoisotopic (exact) mass is 143 g/mol. The van der Waals surface area contributed by atoms with E-state index in [2.05, 4.69) is 15.1 Å². The summed E-state index contributed by atoms with van der Waals surface area (Å²) in [7, 11) is 3.10. The summed E-state index contributed by atoms with van der Waals surface area (Å²) in [4.78, 5) is 10.8. The zero-order chi connectivity index (χ0) is 7.56.